The van der Waals surface area contributed by atoms with Crippen molar-refractivity contribution in [2.75, 3.05) is 31.6 Å². The third-order valence-corrected chi connectivity index (χ3v) is 4.06. The normalized spacial score (nSPS) is 17.2. The summed E-state index contributed by atoms with van der Waals surface area (Å²) in [7, 11) is 0. The first-order valence-corrected chi connectivity index (χ1v) is 8.32. The average Bonchev–Trinajstić information content (AvgIpc) is 3.15. The summed E-state index contributed by atoms with van der Waals surface area (Å²) in [6.07, 6.45) is 3.83. The minimum atomic E-state index is 0.0832. The van der Waals surface area contributed by atoms with Crippen LogP contribution in [0, 0.1) is 0 Å². The van der Waals surface area contributed by atoms with Gasteiger partial charge in [-0.25, -0.2) is 4.98 Å². The highest BCUT2D eigenvalue weighted by Gasteiger charge is 2.17. The zero-order chi connectivity index (χ0) is 17.6. The maximum absolute atomic E-state index is 5.71. The van der Waals surface area contributed by atoms with Crippen molar-refractivity contribution in [3.8, 4) is 11.3 Å². The number of nitrogens with one attached hydrogen (secondary N) is 2. The molecule has 3 rings (SSSR count). The summed E-state index contributed by atoms with van der Waals surface area (Å²) in [6.45, 7) is 13.1. The summed E-state index contributed by atoms with van der Waals surface area (Å²) in [5.41, 5.74) is 2.90. The molecule has 0 aliphatic carbocycles. The Morgan fingerprint density at radius 1 is 1.44 bits per heavy atom. The molecule has 2 aromatic heterocycles. The second-order valence-electron chi connectivity index (χ2n) is 5.70. The summed E-state index contributed by atoms with van der Waals surface area (Å²) in [6, 6.07) is 1.85. The van der Waals surface area contributed by atoms with E-state index in [1.165, 1.54) is 0 Å². The standard InChI is InChI=1S/C17H23N7O/c1-4-24-11-12(8-22-24)14-7-15(18-2)16(19-3)17(23-14)21-10-13-9-20-5-6-25-13/h7-8,11,13,20H,2-6,9-10H2,1H3,(H,21,23). The Kier molecular flexibility index (Phi) is 5.52. The van der Waals surface area contributed by atoms with Gasteiger partial charge in [0.1, 0.15) is 5.69 Å². The second kappa shape index (κ2) is 8.00. The molecule has 1 aliphatic rings. The Labute approximate surface area is 147 Å². The van der Waals surface area contributed by atoms with Gasteiger partial charge in [-0.1, -0.05) is 0 Å². The number of hydrogen-bond donors (Lipinski definition) is 2. The van der Waals surface area contributed by atoms with Crippen LogP contribution >= 0.6 is 0 Å². The van der Waals surface area contributed by atoms with Crippen LogP contribution in [0.5, 0.6) is 0 Å². The van der Waals surface area contributed by atoms with Gasteiger partial charge in [0.25, 0.3) is 0 Å². The van der Waals surface area contributed by atoms with Crippen LogP contribution in [0.15, 0.2) is 28.4 Å². The van der Waals surface area contributed by atoms with Crippen molar-refractivity contribution < 1.29 is 4.74 Å². The van der Waals surface area contributed by atoms with Gasteiger partial charge in [0.15, 0.2) is 5.82 Å². The molecule has 3 heterocycles. The Hall–Kier alpha value is -2.58. The minimum absolute atomic E-state index is 0.0832. The van der Waals surface area contributed by atoms with Gasteiger partial charge in [-0.3, -0.25) is 14.7 Å². The van der Waals surface area contributed by atoms with Gasteiger partial charge in [0.05, 0.1) is 30.3 Å². The van der Waals surface area contributed by atoms with Crippen molar-refractivity contribution >= 4 is 30.6 Å². The molecule has 0 aromatic carbocycles. The topological polar surface area (TPSA) is 88.7 Å². The minimum Gasteiger partial charge on any atom is -0.374 e. The number of nitrogens with zero attached hydrogens (tertiary/aromatic N) is 5. The lowest BCUT2D eigenvalue weighted by Gasteiger charge is -2.24. The van der Waals surface area contributed by atoms with Gasteiger partial charge in [-0.05, 0) is 26.4 Å². The maximum Gasteiger partial charge on any atom is 0.154 e. The lowest BCUT2D eigenvalue weighted by molar-refractivity contribution is 0.0372. The monoisotopic (exact) mass is 341 g/mol. The predicted octanol–water partition coefficient (Wildman–Crippen LogP) is 2.03. The number of aliphatic imine (C=N–C) groups is 2. The van der Waals surface area contributed by atoms with Gasteiger partial charge in [0, 0.05) is 37.9 Å². The van der Waals surface area contributed by atoms with Crippen LogP contribution in [-0.4, -0.2) is 60.5 Å². The van der Waals surface area contributed by atoms with E-state index < -0.39 is 0 Å². The highest BCUT2D eigenvalue weighted by atomic mass is 16.5. The lowest BCUT2D eigenvalue weighted by Crippen LogP contribution is -2.42. The van der Waals surface area contributed by atoms with E-state index in [1.54, 1.807) is 6.20 Å². The van der Waals surface area contributed by atoms with E-state index in [-0.39, 0.29) is 6.10 Å². The number of rotatable bonds is 7. The number of aromatic nitrogens is 3. The zero-order valence-corrected chi connectivity index (χ0v) is 14.4. The van der Waals surface area contributed by atoms with Crippen molar-refractivity contribution in [1.29, 1.82) is 0 Å². The van der Waals surface area contributed by atoms with Gasteiger partial charge in [-0.15, -0.1) is 0 Å². The Bertz CT molecular complexity index is 749. The average molecular weight is 341 g/mol. The fraction of sp³-hybridized carbons (Fsp3) is 0.412. The van der Waals surface area contributed by atoms with Crippen LogP contribution < -0.4 is 10.6 Å². The Balaban J connectivity index is 1.89. The summed E-state index contributed by atoms with van der Waals surface area (Å²) < 4.78 is 7.57. The van der Waals surface area contributed by atoms with Gasteiger partial charge >= 0.3 is 0 Å². The van der Waals surface area contributed by atoms with E-state index in [1.807, 2.05) is 23.9 Å². The molecule has 1 aliphatic heterocycles. The highest BCUT2D eigenvalue weighted by Crippen LogP contribution is 2.37. The lowest BCUT2D eigenvalue weighted by atomic mass is 10.2. The third-order valence-electron chi connectivity index (χ3n) is 4.06. The molecule has 132 valence electrons. The summed E-state index contributed by atoms with van der Waals surface area (Å²) in [4.78, 5) is 12.8. The van der Waals surface area contributed by atoms with Crippen LogP contribution in [0.3, 0.4) is 0 Å². The third kappa shape index (κ3) is 3.92. The molecule has 8 nitrogen and oxygen atoms in total. The number of morpholine rings is 1. The van der Waals surface area contributed by atoms with E-state index in [4.69, 9.17) is 9.72 Å². The SMILES string of the molecule is C=Nc1cc(-c2cnn(CC)c2)nc(NCC2CNCCO2)c1N=C. The number of anilines is 1. The van der Waals surface area contributed by atoms with Crippen molar-refractivity contribution in [3.63, 3.8) is 0 Å². The number of pyridine rings is 1. The second-order valence-corrected chi connectivity index (χ2v) is 5.70. The maximum atomic E-state index is 5.71. The van der Waals surface area contributed by atoms with Crippen molar-refractivity contribution in [2.24, 2.45) is 9.98 Å². The number of aryl methyl sites for hydroxylation is 1. The van der Waals surface area contributed by atoms with Gasteiger partial charge < -0.3 is 15.4 Å². The van der Waals surface area contributed by atoms with Crippen LogP contribution in [0.2, 0.25) is 0 Å². The molecule has 2 N–H and O–H groups in total. The van der Waals surface area contributed by atoms with E-state index >= 15 is 0 Å². The Morgan fingerprint density at radius 3 is 2.96 bits per heavy atom. The van der Waals surface area contributed by atoms with E-state index in [0.717, 1.165) is 30.9 Å². The van der Waals surface area contributed by atoms with Crippen molar-refractivity contribution in [3.05, 3.63) is 18.5 Å². The van der Waals surface area contributed by atoms with E-state index in [0.29, 0.717) is 30.3 Å². The molecule has 2 aromatic rings. The molecule has 1 unspecified atom stereocenters. The smallest absolute Gasteiger partial charge is 0.154 e. The molecule has 1 saturated heterocycles. The quantitative estimate of drug-likeness (QED) is 0.752. The highest BCUT2D eigenvalue weighted by molar-refractivity contribution is 5.82. The first-order chi connectivity index (χ1) is 12.2. The van der Waals surface area contributed by atoms with E-state index in [9.17, 15) is 0 Å². The molecule has 8 heteroatoms. The molecular weight excluding hydrogens is 318 g/mol. The summed E-state index contributed by atoms with van der Waals surface area (Å²) in [5.74, 6) is 0.619. The number of hydrogen-bond acceptors (Lipinski definition) is 7. The molecule has 0 saturated carbocycles. The molecule has 0 amide bonds. The summed E-state index contributed by atoms with van der Waals surface area (Å²) in [5, 5.41) is 10.9. The van der Waals surface area contributed by atoms with Crippen LogP contribution in [0.25, 0.3) is 11.3 Å². The molecule has 0 radical (unpaired) electrons. The van der Waals surface area contributed by atoms with Crippen LogP contribution in [0.4, 0.5) is 17.2 Å². The first kappa shape index (κ1) is 17.2. The molecule has 0 bridgehead atoms. The van der Waals surface area contributed by atoms with Crippen molar-refractivity contribution in [1.82, 2.24) is 20.1 Å². The molecule has 1 atom stereocenters. The predicted molar refractivity (Wildman–Crippen MR) is 101 cm³/mol. The fourth-order valence-electron chi connectivity index (χ4n) is 2.70. The zero-order valence-electron chi connectivity index (χ0n) is 14.4. The fourth-order valence-corrected chi connectivity index (χ4v) is 2.70. The Morgan fingerprint density at radius 2 is 2.32 bits per heavy atom. The molecule has 0 spiro atoms. The molecule has 25 heavy (non-hydrogen) atoms. The van der Waals surface area contributed by atoms with Gasteiger partial charge in [-0.2, -0.15) is 5.10 Å². The number of ether oxygens (including phenoxy) is 1. The van der Waals surface area contributed by atoms with Crippen LogP contribution in [0.1, 0.15) is 6.92 Å². The van der Waals surface area contributed by atoms with E-state index in [2.05, 4.69) is 39.2 Å². The largest absolute Gasteiger partial charge is 0.374 e. The molecular formula is C17H23N7O. The van der Waals surface area contributed by atoms with Crippen LogP contribution in [-0.2, 0) is 11.3 Å². The molecule has 1 fully saturated rings. The van der Waals surface area contributed by atoms with Crippen molar-refractivity contribution in [2.45, 2.75) is 19.6 Å². The van der Waals surface area contributed by atoms with Gasteiger partial charge in [0.2, 0.25) is 0 Å². The summed E-state index contributed by atoms with van der Waals surface area (Å²) >= 11 is 0. The first-order valence-electron chi connectivity index (χ1n) is 8.32.